The first-order valence-electron chi connectivity index (χ1n) is 7.49. The summed E-state index contributed by atoms with van der Waals surface area (Å²) in [7, 11) is 0. The average molecular weight is 355 g/mol. The van der Waals surface area contributed by atoms with E-state index in [1.165, 1.54) is 0 Å². The molecule has 7 heteroatoms. The summed E-state index contributed by atoms with van der Waals surface area (Å²) >= 11 is 6.32. The van der Waals surface area contributed by atoms with Crippen LogP contribution in [0.2, 0.25) is 5.02 Å². The lowest BCUT2D eigenvalue weighted by molar-refractivity contribution is 0.0634. The van der Waals surface area contributed by atoms with Crippen LogP contribution >= 0.6 is 24.0 Å². The van der Waals surface area contributed by atoms with Gasteiger partial charge in [0, 0.05) is 37.4 Å². The predicted octanol–water partition coefficient (Wildman–Crippen LogP) is 2.76. The lowest BCUT2D eigenvalue weighted by Crippen LogP contribution is -2.48. The van der Waals surface area contributed by atoms with Gasteiger partial charge < -0.3 is 10.2 Å². The molecular weight excluding hydrogens is 335 g/mol. The summed E-state index contributed by atoms with van der Waals surface area (Å²) in [5.74, 6) is 0.00567. The number of halogens is 2. The van der Waals surface area contributed by atoms with Crippen LogP contribution in [0.3, 0.4) is 0 Å². The van der Waals surface area contributed by atoms with Crippen LogP contribution in [-0.4, -0.2) is 40.2 Å². The zero-order valence-corrected chi connectivity index (χ0v) is 14.5. The number of carbonyl (C=O) groups excluding carboxylic acids is 1. The summed E-state index contributed by atoms with van der Waals surface area (Å²) in [5.41, 5.74) is 1.61. The van der Waals surface area contributed by atoms with E-state index in [1.54, 1.807) is 17.1 Å². The van der Waals surface area contributed by atoms with Crippen LogP contribution in [0.5, 0.6) is 0 Å². The molecule has 0 aliphatic carbocycles. The number of piperazine rings is 1. The minimum atomic E-state index is -0.0556. The van der Waals surface area contributed by atoms with Gasteiger partial charge in [0.15, 0.2) is 0 Å². The van der Waals surface area contributed by atoms with Crippen molar-refractivity contribution in [3.63, 3.8) is 0 Å². The first-order chi connectivity index (χ1) is 10.7. The number of carbonyl (C=O) groups is 1. The van der Waals surface area contributed by atoms with Crippen molar-refractivity contribution in [3.05, 3.63) is 52.8 Å². The molecule has 2 aromatic rings. The maximum Gasteiger partial charge on any atom is 0.257 e. The van der Waals surface area contributed by atoms with Gasteiger partial charge in [-0.15, -0.1) is 12.4 Å². The summed E-state index contributed by atoms with van der Waals surface area (Å²) in [6.45, 7) is 4.90. The number of nitrogens with zero attached hydrogens (tertiary/aromatic N) is 3. The largest absolute Gasteiger partial charge is 0.329 e. The number of rotatable bonds is 3. The Hall–Kier alpha value is -1.56. The van der Waals surface area contributed by atoms with E-state index in [-0.39, 0.29) is 24.4 Å². The van der Waals surface area contributed by atoms with Crippen LogP contribution in [0.1, 0.15) is 28.9 Å². The third-order valence-electron chi connectivity index (χ3n) is 3.97. The van der Waals surface area contributed by atoms with Crippen LogP contribution in [0.4, 0.5) is 0 Å². The second-order valence-corrected chi connectivity index (χ2v) is 5.73. The van der Waals surface area contributed by atoms with Gasteiger partial charge in [-0.3, -0.25) is 9.48 Å². The van der Waals surface area contributed by atoms with E-state index in [0.717, 1.165) is 18.7 Å². The van der Waals surface area contributed by atoms with Gasteiger partial charge in [0.1, 0.15) is 0 Å². The Bertz CT molecular complexity index is 674. The van der Waals surface area contributed by atoms with Crippen molar-refractivity contribution in [2.24, 2.45) is 0 Å². The number of nitrogens with one attached hydrogen (secondary N) is 1. The van der Waals surface area contributed by atoms with E-state index < -0.39 is 0 Å². The van der Waals surface area contributed by atoms with Crippen molar-refractivity contribution in [2.75, 3.05) is 19.6 Å². The van der Waals surface area contributed by atoms with Gasteiger partial charge in [-0.05, 0) is 18.6 Å². The van der Waals surface area contributed by atoms with Gasteiger partial charge in [0.05, 0.1) is 17.8 Å². The molecule has 0 saturated carbocycles. The molecule has 1 aromatic carbocycles. The molecule has 1 saturated heterocycles. The topological polar surface area (TPSA) is 50.2 Å². The summed E-state index contributed by atoms with van der Waals surface area (Å²) in [6.07, 6.45) is 3.44. The smallest absolute Gasteiger partial charge is 0.257 e. The molecule has 0 spiro atoms. The number of aryl methyl sites for hydroxylation is 1. The van der Waals surface area contributed by atoms with E-state index in [9.17, 15) is 4.79 Å². The molecule has 1 N–H and O–H groups in total. The van der Waals surface area contributed by atoms with Gasteiger partial charge in [0.25, 0.3) is 5.91 Å². The first-order valence-corrected chi connectivity index (χ1v) is 7.87. The van der Waals surface area contributed by atoms with E-state index in [1.807, 2.05) is 36.1 Å². The monoisotopic (exact) mass is 354 g/mol. The third-order valence-corrected chi connectivity index (χ3v) is 4.32. The zero-order valence-electron chi connectivity index (χ0n) is 12.9. The zero-order chi connectivity index (χ0) is 15.5. The summed E-state index contributed by atoms with van der Waals surface area (Å²) < 4.78 is 1.76. The van der Waals surface area contributed by atoms with Crippen LogP contribution in [0, 0.1) is 0 Å². The highest BCUT2D eigenvalue weighted by molar-refractivity contribution is 6.31. The maximum atomic E-state index is 12.8. The van der Waals surface area contributed by atoms with E-state index in [0.29, 0.717) is 23.7 Å². The number of aromatic nitrogens is 2. The number of benzene rings is 1. The molecular formula is C16H20Cl2N4O. The van der Waals surface area contributed by atoms with Crippen LogP contribution < -0.4 is 5.32 Å². The summed E-state index contributed by atoms with van der Waals surface area (Å²) in [4.78, 5) is 14.7. The van der Waals surface area contributed by atoms with E-state index in [2.05, 4.69) is 10.4 Å². The van der Waals surface area contributed by atoms with Crippen molar-refractivity contribution in [2.45, 2.75) is 19.5 Å². The lowest BCUT2D eigenvalue weighted by Gasteiger charge is -2.36. The molecule has 1 aromatic heterocycles. The Labute approximate surface area is 147 Å². The molecule has 0 bridgehead atoms. The lowest BCUT2D eigenvalue weighted by atomic mass is 10.0. The van der Waals surface area contributed by atoms with Gasteiger partial charge in [-0.25, -0.2) is 0 Å². The molecule has 23 heavy (non-hydrogen) atoms. The average Bonchev–Trinajstić information content (AvgIpc) is 3.04. The second kappa shape index (κ2) is 7.81. The Kier molecular flexibility index (Phi) is 6.04. The summed E-state index contributed by atoms with van der Waals surface area (Å²) in [5, 5.41) is 8.23. The quantitative estimate of drug-likeness (QED) is 0.921. The van der Waals surface area contributed by atoms with Crippen molar-refractivity contribution in [1.29, 1.82) is 0 Å². The number of hydrogen-bond acceptors (Lipinski definition) is 3. The van der Waals surface area contributed by atoms with Gasteiger partial charge >= 0.3 is 0 Å². The van der Waals surface area contributed by atoms with Crippen molar-refractivity contribution in [3.8, 4) is 0 Å². The minimum absolute atomic E-state index is 0. The van der Waals surface area contributed by atoms with E-state index >= 15 is 0 Å². The van der Waals surface area contributed by atoms with Crippen molar-refractivity contribution in [1.82, 2.24) is 20.0 Å². The molecule has 1 unspecified atom stereocenters. The minimum Gasteiger partial charge on any atom is -0.329 e. The highest BCUT2D eigenvalue weighted by atomic mass is 35.5. The highest BCUT2D eigenvalue weighted by Gasteiger charge is 2.30. The van der Waals surface area contributed by atoms with Gasteiger partial charge in [-0.2, -0.15) is 5.10 Å². The normalized spacial score (nSPS) is 17.7. The van der Waals surface area contributed by atoms with Gasteiger partial charge in [0.2, 0.25) is 0 Å². The maximum absolute atomic E-state index is 12.8. The molecule has 1 amide bonds. The molecule has 1 atom stereocenters. The molecule has 1 aliphatic heterocycles. The second-order valence-electron chi connectivity index (χ2n) is 5.32. The third kappa shape index (κ3) is 3.68. The molecule has 3 rings (SSSR count). The van der Waals surface area contributed by atoms with Crippen LogP contribution in [0.25, 0.3) is 0 Å². The summed E-state index contributed by atoms with van der Waals surface area (Å²) in [6, 6.07) is 7.64. The SMILES string of the molecule is CCn1cc(C(=O)N2CCNCC2c2ccccc2Cl)cn1.Cl. The first kappa shape index (κ1) is 17.8. The fourth-order valence-electron chi connectivity index (χ4n) is 2.78. The Morgan fingerprint density at radius 3 is 2.91 bits per heavy atom. The fraction of sp³-hybridized carbons (Fsp3) is 0.375. The highest BCUT2D eigenvalue weighted by Crippen LogP contribution is 2.29. The fourth-order valence-corrected chi connectivity index (χ4v) is 3.05. The van der Waals surface area contributed by atoms with Crippen LogP contribution in [-0.2, 0) is 6.54 Å². The van der Waals surface area contributed by atoms with Crippen molar-refractivity contribution < 1.29 is 4.79 Å². The number of amides is 1. The molecule has 1 fully saturated rings. The molecule has 0 radical (unpaired) electrons. The Morgan fingerprint density at radius 1 is 1.43 bits per heavy atom. The standard InChI is InChI=1S/C16H19ClN4O.ClH/c1-2-20-11-12(9-19-20)16(22)21-8-7-18-10-15(21)13-5-3-4-6-14(13)17;/h3-6,9,11,15,18H,2,7-8,10H2,1H3;1H. The Morgan fingerprint density at radius 2 is 2.22 bits per heavy atom. The van der Waals surface area contributed by atoms with Gasteiger partial charge in [-0.1, -0.05) is 29.8 Å². The molecule has 2 heterocycles. The van der Waals surface area contributed by atoms with Crippen LogP contribution in [0.15, 0.2) is 36.7 Å². The molecule has 1 aliphatic rings. The predicted molar refractivity (Wildman–Crippen MR) is 93.2 cm³/mol. The van der Waals surface area contributed by atoms with Crippen molar-refractivity contribution >= 4 is 29.9 Å². The molecule has 5 nitrogen and oxygen atoms in total. The Balaban J connectivity index is 0.00000192. The molecule has 124 valence electrons. The van der Waals surface area contributed by atoms with E-state index in [4.69, 9.17) is 11.6 Å². The number of hydrogen-bond donors (Lipinski definition) is 1.